The maximum atomic E-state index is 10.8. The van der Waals surface area contributed by atoms with Crippen LogP contribution in [-0.4, -0.2) is 16.2 Å². The van der Waals surface area contributed by atoms with Gasteiger partial charge in [0.15, 0.2) is 0 Å². The van der Waals surface area contributed by atoms with Crippen LogP contribution in [0, 0.1) is 0 Å². The van der Waals surface area contributed by atoms with E-state index in [4.69, 9.17) is 16.7 Å². The number of halogens is 1. The summed E-state index contributed by atoms with van der Waals surface area (Å²) in [5.74, 6) is -1.68. The van der Waals surface area contributed by atoms with Crippen LogP contribution >= 0.6 is 11.6 Å². The molecule has 4 heteroatoms. The molecule has 0 heterocycles. The molecular weight excluding hydrogens is 204 g/mol. The Labute approximate surface area is 86.9 Å². The number of carbonyl (C=O) groups is 1. The molecule has 0 aliphatic heterocycles. The molecule has 0 aromatic heterocycles. The number of benzene rings is 1. The summed E-state index contributed by atoms with van der Waals surface area (Å²) >= 11 is 5.72. The zero-order valence-corrected chi connectivity index (χ0v) is 8.45. The maximum absolute atomic E-state index is 10.8. The minimum atomic E-state index is -0.954. The van der Waals surface area contributed by atoms with Crippen molar-refractivity contribution in [3.63, 3.8) is 0 Å². The zero-order valence-electron chi connectivity index (χ0n) is 7.70. The fourth-order valence-electron chi connectivity index (χ4n) is 1.33. The van der Waals surface area contributed by atoms with Gasteiger partial charge in [-0.3, -0.25) is 4.79 Å². The number of rotatable bonds is 3. The third kappa shape index (κ3) is 2.17. The van der Waals surface area contributed by atoms with Gasteiger partial charge in [-0.25, -0.2) is 0 Å². The highest BCUT2D eigenvalue weighted by Gasteiger charge is 2.20. The van der Waals surface area contributed by atoms with Gasteiger partial charge in [0, 0.05) is 10.6 Å². The first-order valence-electron chi connectivity index (χ1n) is 4.27. The predicted octanol–water partition coefficient (Wildman–Crippen LogP) is 2.62. The molecule has 0 bridgehead atoms. The molecule has 0 radical (unpaired) electrons. The summed E-state index contributed by atoms with van der Waals surface area (Å²) in [4.78, 5) is 10.8. The molecule has 1 unspecified atom stereocenters. The SMILES string of the molecule is CCC(C(=O)O)c1cc(Cl)ccc1O. The molecule has 0 saturated heterocycles. The second-order valence-electron chi connectivity index (χ2n) is 3.00. The van der Waals surface area contributed by atoms with Crippen molar-refractivity contribution in [3.05, 3.63) is 28.8 Å². The second kappa shape index (κ2) is 4.33. The Morgan fingerprint density at radius 2 is 2.21 bits per heavy atom. The number of hydrogen-bond donors (Lipinski definition) is 2. The summed E-state index contributed by atoms with van der Waals surface area (Å²) in [5, 5.41) is 18.8. The average Bonchev–Trinajstić information content (AvgIpc) is 2.11. The van der Waals surface area contributed by atoms with Crippen LogP contribution in [0.4, 0.5) is 0 Å². The van der Waals surface area contributed by atoms with Crippen LogP contribution < -0.4 is 0 Å². The Morgan fingerprint density at radius 3 is 2.71 bits per heavy atom. The molecule has 0 aliphatic rings. The fraction of sp³-hybridized carbons (Fsp3) is 0.300. The molecule has 3 nitrogen and oxygen atoms in total. The van der Waals surface area contributed by atoms with Gasteiger partial charge < -0.3 is 10.2 Å². The van der Waals surface area contributed by atoms with E-state index in [2.05, 4.69) is 0 Å². The first-order valence-corrected chi connectivity index (χ1v) is 4.65. The van der Waals surface area contributed by atoms with Gasteiger partial charge in [-0.15, -0.1) is 0 Å². The lowest BCUT2D eigenvalue weighted by molar-refractivity contribution is -0.138. The summed E-state index contributed by atoms with van der Waals surface area (Å²) in [6, 6.07) is 4.41. The summed E-state index contributed by atoms with van der Waals surface area (Å²) in [6.45, 7) is 1.75. The molecule has 14 heavy (non-hydrogen) atoms. The molecule has 76 valence electrons. The highest BCUT2D eigenvalue weighted by Crippen LogP contribution is 2.30. The maximum Gasteiger partial charge on any atom is 0.311 e. The van der Waals surface area contributed by atoms with Crippen LogP contribution in [0.1, 0.15) is 24.8 Å². The third-order valence-electron chi connectivity index (χ3n) is 2.07. The zero-order chi connectivity index (χ0) is 10.7. The monoisotopic (exact) mass is 214 g/mol. The number of carboxylic acids is 1. The number of hydrogen-bond acceptors (Lipinski definition) is 2. The standard InChI is InChI=1S/C10H11ClO3/c1-2-7(10(13)14)8-5-6(11)3-4-9(8)12/h3-5,7,12H,2H2,1H3,(H,13,14). The van der Waals surface area contributed by atoms with E-state index < -0.39 is 11.9 Å². The normalized spacial score (nSPS) is 12.4. The molecular formula is C10H11ClO3. The van der Waals surface area contributed by atoms with Crippen LogP contribution in [0.15, 0.2) is 18.2 Å². The van der Waals surface area contributed by atoms with E-state index in [1.165, 1.54) is 18.2 Å². The summed E-state index contributed by atoms with van der Waals surface area (Å²) in [7, 11) is 0. The molecule has 0 saturated carbocycles. The highest BCUT2D eigenvalue weighted by molar-refractivity contribution is 6.30. The van der Waals surface area contributed by atoms with Crippen molar-refractivity contribution in [1.82, 2.24) is 0 Å². The van der Waals surface area contributed by atoms with Gasteiger partial charge in [0.2, 0.25) is 0 Å². The topological polar surface area (TPSA) is 57.5 Å². The molecule has 1 aromatic rings. The number of aliphatic carboxylic acids is 1. The molecule has 1 rings (SSSR count). The Kier molecular flexibility index (Phi) is 3.36. The van der Waals surface area contributed by atoms with Crippen molar-refractivity contribution in [2.75, 3.05) is 0 Å². The molecule has 1 atom stereocenters. The van der Waals surface area contributed by atoms with Crippen molar-refractivity contribution in [2.24, 2.45) is 0 Å². The fourth-order valence-corrected chi connectivity index (χ4v) is 1.51. The molecule has 0 fully saturated rings. The molecule has 0 spiro atoms. The molecule has 0 aliphatic carbocycles. The Bertz CT molecular complexity index is 349. The first-order chi connectivity index (χ1) is 6.56. The van der Waals surface area contributed by atoms with Gasteiger partial charge in [0.05, 0.1) is 5.92 Å². The van der Waals surface area contributed by atoms with Gasteiger partial charge in [0.25, 0.3) is 0 Å². The van der Waals surface area contributed by atoms with Crippen LogP contribution in [0.3, 0.4) is 0 Å². The summed E-state index contributed by atoms with van der Waals surface area (Å²) in [6.07, 6.45) is 0.420. The van der Waals surface area contributed by atoms with Gasteiger partial charge in [-0.1, -0.05) is 18.5 Å². The smallest absolute Gasteiger partial charge is 0.311 e. The van der Waals surface area contributed by atoms with Crippen molar-refractivity contribution >= 4 is 17.6 Å². The summed E-state index contributed by atoms with van der Waals surface area (Å²) in [5.41, 5.74) is 0.368. The highest BCUT2D eigenvalue weighted by atomic mass is 35.5. The van der Waals surface area contributed by atoms with E-state index in [1.807, 2.05) is 0 Å². The van der Waals surface area contributed by atoms with Gasteiger partial charge in [0.1, 0.15) is 5.75 Å². The van der Waals surface area contributed by atoms with Crippen LogP contribution in [0.5, 0.6) is 5.75 Å². The quantitative estimate of drug-likeness (QED) is 0.813. The largest absolute Gasteiger partial charge is 0.508 e. The molecule has 1 aromatic carbocycles. The number of aromatic hydroxyl groups is 1. The Hall–Kier alpha value is -1.22. The third-order valence-corrected chi connectivity index (χ3v) is 2.31. The van der Waals surface area contributed by atoms with Gasteiger partial charge in [-0.05, 0) is 24.6 Å². The summed E-state index contributed by atoms with van der Waals surface area (Å²) < 4.78 is 0. The van der Waals surface area contributed by atoms with E-state index in [1.54, 1.807) is 6.92 Å². The van der Waals surface area contributed by atoms with Crippen molar-refractivity contribution < 1.29 is 15.0 Å². The van der Waals surface area contributed by atoms with Crippen LogP contribution in [-0.2, 0) is 4.79 Å². The number of phenolic OH excluding ortho intramolecular Hbond substituents is 1. The molecule has 2 N–H and O–H groups in total. The van der Waals surface area contributed by atoms with E-state index >= 15 is 0 Å². The van der Waals surface area contributed by atoms with E-state index in [0.29, 0.717) is 17.0 Å². The molecule has 0 amide bonds. The second-order valence-corrected chi connectivity index (χ2v) is 3.44. The lowest BCUT2D eigenvalue weighted by atomic mass is 9.96. The lowest BCUT2D eigenvalue weighted by Gasteiger charge is -2.11. The van der Waals surface area contributed by atoms with Crippen molar-refractivity contribution in [2.45, 2.75) is 19.3 Å². The van der Waals surface area contributed by atoms with E-state index in [9.17, 15) is 9.90 Å². The van der Waals surface area contributed by atoms with E-state index in [-0.39, 0.29) is 5.75 Å². The average molecular weight is 215 g/mol. The van der Waals surface area contributed by atoms with Crippen molar-refractivity contribution in [3.8, 4) is 5.75 Å². The van der Waals surface area contributed by atoms with Gasteiger partial charge >= 0.3 is 5.97 Å². The van der Waals surface area contributed by atoms with Crippen molar-refractivity contribution in [1.29, 1.82) is 0 Å². The van der Waals surface area contributed by atoms with Gasteiger partial charge in [-0.2, -0.15) is 0 Å². The number of carboxylic acid groups (broad SMARTS) is 1. The first kappa shape index (κ1) is 10.9. The van der Waals surface area contributed by atoms with Crippen LogP contribution in [0.2, 0.25) is 5.02 Å². The minimum absolute atomic E-state index is 0.0244. The Morgan fingerprint density at radius 1 is 1.57 bits per heavy atom. The minimum Gasteiger partial charge on any atom is -0.508 e. The predicted molar refractivity (Wildman–Crippen MR) is 53.8 cm³/mol. The lowest BCUT2D eigenvalue weighted by Crippen LogP contribution is -2.10. The number of phenols is 1. The van der Waals surface area contributed by atoms with Crippen LogP contribution in [0.25, 0.3) is 0 Å². The van der Waals surface area contributed by atoms with E-state index in [0.717, 1.165) is 0 Å². The Balaban J connectivity index is 3.15.